The fraction of sp³-hybridized carbons (Fsp3) is 0.474. The molecule has 5 bridgehead atoms. The number of amides is 3. The van der Waals surface area contributed by atoms with Crippen LogP contribution in [0, 0.1) is 31.6 Å². The lowest BCUT2D eigenvalue weighted by Crippen LogP contribution is -2.59. The molecule has 2 aromatic rings. The number of aliphatic hydroxyl groups excluding tert-OH is 1. The van der Waals surface area contributed by atoms with E-state index in [1.165, 1.54) is 4.90 Å². The molecule has 2 saturated heterocycles. The number of carbonyl (C=O) groups excluding carboxylic acids is 4. The Bertz CT molecular complexity index is 1690. The van der Waals surface area contributed by atoms with Crippen molar-refractivity contribution in [1.29, 1.82) is 0 Å². The number of halogens is 1. The summed E-state index contributed by atoms with van der Waals surface area (Å²) >= 11 is 3.62. The van der Waals surface area contributed by atoms with E-state index in [0.29, 0.717) is 22.2 Å². The molecule has 3 amide bonds. The number of nitrogens with one attached hydrogen (secondary N) is 1. The third kappa shape index (κ3) is 6.14. The van der Waals surface area contributed by atoms with Crippen LogP contribution in [0.3, 0.4) is 0 Å². The number of nitrogens with zero attached hydrogens (tertiary/aromatic N) is 2. The minimum Gasteiger partial charge on any atom is -0.455 e. The second-order valence-electron chi connectivity index (χ2n) is 13.9. The summed E-state index contributed by atoms with van der Waals surface area (Å²) in [5.74, 6) is -4.09. The highest BCUT2D eigenvalue weighted by atomic mass is 79.9. The van der Waals surface area contributed by atoms with E-state index in [1.807, 2.05) is 88.4 Å². The van der Waals surface area contributed by atoms with Crippen molar-refractivity contribution in [2.45, 2.75) is 83.4 Å². The van der Waals surface area contributed by atoms with Gasteiger partial charge in [-0.1, -0.05) is 84.4 Å². The maximum absolute atomic E-state index is 15.2. The van der Waals surface area contributed by atoms with Gasteiger partial charge in [0.2, 0.25) is 11.8 Å². The van der Waals surface area contributed by atoms with Gasteiger partial charge in [-0.25, -0.2) is 0 Å². The lowest BCUT2D eigenvalue weighted by molar-refractivity contribution is -0.162. The fourth-order valence-electron chi connectivity index (χ4n) is 7.87. The summed E-state index contributed by atoms with van der Waals surface area (Å²) in [6.45, 7) is 9.23. The molecule has 49 heavy (non-hydrogen) atoms. The maximum Gasteiger partial charge on any atom is 0.313 e. The van der Waals surface area contributed by atoms with E-state index >= 15 is 4.79 Å². The van der Waals surface area contributed by atoms with Crippen LogP contribution in [-0.4, -0.2) is 76.7 Å². The van der Waals surface area contributed by atoms with E-state index in [4.69, 9.17) is 9.47 Å². The van der Waals surface area contributed by atoms with Gasteiger partial charge in [0, 0.05) is 23.1 Å². The second kappa shape index (κ2) is 13.8. The zero-order chi connectivity index (χ0) is 35.2. The van der Waals surface area contributed by atoms with Crippen molar-refractivity contribution in [3.63, 3.8) is 0 Å². The summed E-state index contributed by atoms with van der Waals surface area (Å²) in [6.07, 6.45) is 4.40. The highest BCUT2D eigenvalue weighted by Gasteiger charge is 2.75. The average Bonchev–Trinajstić information content (AvgIpc) is 3.66. The Kier molecular flexibility index (Phi) is 9.90. The number of cyclic esters (lactones) is 1. The van der Waals surface area contributed by atoms with Crippen molar-refractivity contribution in [3.8, 4) is 0 Å². The smallest absolute Gasteiger partial charge is 0.313 e. The van der Waals surface area contributed by atoms with Crippen molar-refractivity contribution in [2.24, 2.45) is 17.8 Å². The quantitative estimate of drug-likeness (QED) is 0.338. The Labute approximate surface area is 295 Å². The molecule has 0 aromatic heterocycles. The van der Waals surface area contributed by atoms with E-state index in [1.54, 1.807) is 17.9 Å². The van der Waals surface area contributed by atoms with Crippen molar-refractivity contribution in [1.82, 2.24) is 10.2 Å². The van der Waals surface area contributed by atoms with Crippen molar-refractivity contribution in [3.05, 3.63) is 87.9 Å². The molecule has 2 N–H and O–H groups in total. The predicted octanol–water partition coefficient (Wildman–Crippen LogP) is 4.67. The van der Waals surface area contributed by atoms with Gasteiger partial charge in [-0.2, -0.15) is 0 Å². The highest BCUT2D eigenvalue weighted by molar-refractivity contribution is 9.11. The van der Waals surface area contributed by atoms with Crippen molar-refractivity contribution in [2.75, 3.05) is 18.1 Å². The van der Waals surface area contributed by atoms with Gasteiger partial charge in [0.15, 0.2) is 0 Å². The molecule has 1 spiro atoms. The Balaban J connectivity index is 1.52. The molecular formula is C38H44BrN3O7. The number of anilines is 1. The van der Waals surface area contributed by atoms with Gasteiger partial charge in [-0.05, 0) is 61.9 Å². The number of likely N-dealkylation sites (tertiary alicyclic amines) is 1. The van der Waals surface area contributed by atoms with Gasteiger partial charge in [0.1, 0.15) is 29.8 Å². The standard InChI is InChI=1S/C38H44BrN3O7/c1-21(2)28(20-43)42-34-36(46)41(27-18-22(3)15-16-23(27)4)17-11-7-10-14-29(44)40-24(5)32(25-12-8-6-9-13-25)48-37(47)30-31(35(42)45)38(34)19-26(39)33(30)49-38/h6-9,11-13,15-16,18-19,21,24,28,30-34,43H,10,14,17,20H2,1-5H3,(H,40,44)/b11-7-/t24-,28+,30+,31-,32+,33+,34+,38-/m1/s1. The minimum absolute atomic E-state index is 0.168. The monoisotopic (exact) mass is 733 g/mol. The third-order valence-corrected chi connectivity index (χ3v) is 11.0. The molecule has 2 fully saturated rings. The topological polar surface area (TPSA) is 125 Å². The Morgan fingerprint density at radius 3 is 2.45 bits per heavy atom. The van der Waals surface area contributed by atoms with Crippen LogP contribution in [0.25, 0.3) is 0 Å². The molecule has 0 aliphatic carbocycles. The predicted molar refractivity (Wildman–Crippen MR) is 187 cm³/mol. The SMILES string of the molecule is Cc1ccc(C)c(N2C/C=C\CCC(=O)N[C@H](C)[C@@H](c3ccccc3)OC(=O)[C@@H]3[C@H]4O[C@@]5(C=C4Br)[C@H](C2=O)N([C@@H](CO)C(C)C)C(=O)[C@@H]35)c1. The van der Waals surface area contributed by atoms with E-state index in [2.05, 4.69) is 21.2 Å². The molecule has 10 nitrogen and oxygen atoms in total. The van der Waals surface area contributed by atoms with Gasteiger partial charge < -0.3 is 29.7 Å². The van der Waals surface area contributed by atoms with Crippen molar-refractivity contribution < 1.29 is 33.8 Å². The first kappa shape index (κ1) is 35.0. The molecule has 0 unspecified atom stereocenters. The number of benzene rings is 2. The molecule has 2 aromatic carbocycles. The van der Waals surface area contributed by atoms with E-state index in [0.717, 1.165) is 11.1 Å². The largest absolute Gasteiger partial charge is 0.455 e. The number of esters is 1. The molecular weight excluding hydrogens is 690 g/mol. The number of hydrogen-bond acceptors (Lipinski definition) is 7. The summed E-state index contributed by atoms with van der Waals surface area (Å²) in [4.78, 5) is 60.6. The molecule has 8 atom stereocenters. The zero-order valence-corrected chi connectivity index (χ0v) is 30.1. The number of carbonyl (C=O) groups is 4. The average molecular weight is 735 g/mol. The second-order valence-corrected chi connectivity index (χ2v) is 14.9. The summed E-state index contributed by atoms with van der Waals surface area (Å²) in [6, 6.07) is 12.5. The molecule has 11 heteroatoms. The number of fused-ring (bicyclic) bond motifs is 2. The van der Waals surface area contributed by atoms with E-state index < -0.39 is 65.6 Å². The van der Waals surface area contributed by atoms with Gasteiger partial charge in [-0.15, -0.1) is 0 Å². The number of aliphatic hydroxyl groups is 1. The number of aryl methyl sites for hydroxylation is 2. The lowest BCUT2D eigenvalue weighted by atomic mass is 9.74. The first-order chi connectivity index (χ1) is 23.4. The summed E-state index contributed by atoms with van der Waals surface area (Å²) in [5, 5.41) is 13.7. The summed E-state index contributed by atoms with van der Waals surface area (Å²) in [5.41, 5.74) is 1.68. The fourth-order valence-corrected chi connectivity index (χ4v) is 8.60. The van der Waals surface area contributed by atoms with Crippen LogP contribution < -0.4 is 10.2 Å². The molecule has 0 radical (unpaired) electrons. The van der Waals surface area contributed by atoms with Crippen molar-refractivity contribution >= 4 is 45.3 Å². The number of allylic oxidation sites excluding steroid dienone is 1. The Morgan fingerprint density at radius 1 is 1.02 bits per heavy atom. The molecule has 4 aliphatic heterocycles. The van der Waals surface area contributed by atoms with Gasteiger partial charge in [-0.3, -0.25) is 19.2 Å². The molecule has 260 valence electrons. The Hall–Kier alpha value is -3.80. The number of rotatable bonds is 5. The first-order valence-electron chi connectivity index (χ1n) is 17.0. The van der Waals surface area contributed by atoms with Crippen LogP contribution in [0.4, 0.5) is 5.69 Å². The van der Waals surface area contributed by atoms with Crippen LogP contribution in [0.15, 0.2) is 71.2 Å². The van der Waals surface area contributed by atoms with Gasteiger partial charge in [0.25, 0.3) is 5.91 Å². The highest BCUT2D eigenvalue weighted by Crippen LogP contribution is 2.59. The van der Waals surface area contributed by atoms with Gasteiger partial charge >= 0.3 is 5.97 Å². The summed E-state index contributed by atoms with van der Waals surface area (Å²) < 4.78 is 13.5. The minimum atomic E-state index is -1.50. The van der Waals surface area contributed by atoms with E-state index in [-0.39, 0.29) is 31.4 Å². The molecule has 4 aliphatic rings. The van der Waals surface area contributed by atoms with Crippen LogP contribution in [0.5, 0.6) is 0 Å². The van der Waals surface area contributed by atoms with Crippen LogP contribution in [0.1, 0.15) is 56.4 Å². The Morgan fingerprint density at radius 2 is 1.76 bits per heavy atom. The van der Waals surface area contributed by atoms with E-state index in [9.17, 15) is 19.5 Å². The van der Waals surface area contributed by atoms with Crippen LogP contribution in [0.2, 0.25) is 0 Å². The lowest BCUT2D eigenvalue weighted by Gasteiger charge is -2.40. The van der Waals surface area contributed by atoms with Crippen LogP contribution >= 0.6 is 15.9 Å². The first-order valence-corrected chi connectivity index (χ1v) is 17.8. The summed E-state index contributed by atoms with van der Waals surface area (Å²) in [7, 11) is 0. The molecule has 4 heterocycles. The molecule has 6 rings (SSSR count). The normalized spacial score (nSPS) is 31.8. The van der Waals surface area contributed by atoms with Gasteiger partial charge in [0.05, 0.1) is 24.6 Å². The number of ether oxygens (including phenoxy) is 2. The molecule has 0 saturated carbocycles. The maximum atomic E-state index is 15.2. The number of hydrogen-bond donors (Lipinski definition) is 2. The van der Waals surface area contributed by atoms with Crippen LogP contribution in [-0.2, 0) is 28.7 Å². The zero-order valence-electron chi connectivity index (χ0n) is 28.5. The third-order valence-electron chi connectivity index (χ3n) is 10.3.